The first-order valence-corrected chi connectivity index (χ1v) is 13.0. The van der Waals surface area contributed by atoms with E-state index < -0.39 is 17.2 Å². The molecule has 1 N–H and O–H groups in total. The Hall–Kier alpha value is -3.20. The molecule has 1 aromatic heterocycles. The number of halogens is 1. The monoisotopic (exact) mass is 512 g/mol. The van der Waals surface area contributed by atoms with E-state index in [1.807, 2.05) is 20.8 Å². The average Bonchev–Trinajstić information content (AvgIpc) is 3.18. The lowest BCUT2D eigenvalue weighted by molar-refractivity contribution is -0.140. The summed E-state index contributed by atoms with van der Waals surface area (Å²) in [6, 6.07) is 4.13. The van der Waals surface area contributed by atoms with Gasteiger partial charge in [-0.15, -0.1) is 0 Å². The minimum absolute atomic E-state index is 0.0457. The van der Waals surface area contributed by atoms with Crippen molar-refractivity contribution in [3.8, 4) is 5.75 Å². The normalized spacial score (nSPS) is 17.7. The van der Waals surface area contributed by atoms with Crippen molar-refractivity contribution in [2.24, 2.45) is 0 Å². The summed E-state index contributed by atoms with van der Waals surface area (Å²) in [4.78, 5) is 30.5. The molecule has 2 aliphatic heterocycles. The minimum atomic E-state index is -0.556. The molecule has 8 nitrogen and oxygen atoms in total. The molecule has 3 heterocycles. The number of hydrogen-bond acceptors (Lipinski definition) is 6. The van der Waals surface area contributed by atoms with Gasteiger partial charge in [0.05, 0.1) is 6.10 Å². The van der Waals surface area contributed by atoms with Crippen molar-refractivity contribution in [3.05, 3.63) is 52.7 Å². The molecule has 0 unspecified atom stereocenters. The predicted molar refractivity (Wildman–Crippen MR) is 139 cm³/mol. The summed E-state index contributed by atoms with van der Waals surface area (Å²) in [5.74, 6) is -1.39. The van der Waals surface area contributed by atoms with Crippen LogP contribution in [0.15, 0.2) is 24.4 Å². The second-order valence-corrected chi connectivity index (χ2v) is 10.8. The van der Waals surface area contributed by atoms with Crippen LogP contribution >= 0.6 is 0 Å². The van der Waals surface area contributed by atoms with Crippen molar-refractivity contribution in [2.75, 3.05) is 32.8 Å². The maximum absolute atomic E-state index is 14.6. The van der Waals surface area contributed by atoms with Gasteiger partial charge in [0.2, 0.25) is 0 Å². The third-order valence-electron chi connectivity index (χ3n) is 6.85. The fraction of sp³-hybridized carbons (Fsp3) is 0.536. The number of hydrogen-bond donors (Lipinski definition) is 1. The lowest BCUT2D eigenvalue weighted by Crippen LogP contribution is -2.37. The summed E-state index contributed by atoms with van der Waals surface area (Å²) in [5.41, 5.74) is 2.11. The lowest BCUT2D eigenvalue weighted by Gasteiger charge is -2.29. The average molecular weight is 513 g/mol. The fourth-order valence-corrected chi connectivity index (χ4v) is 5.16. The number of fused-ring (bicyclic) bond motifs is 1. The van der Waals surface area contributed by atoms with E-state index in [0.29, 0.717) is 25.4 Å². The molecule has 2 aliphatic rings. The number of H-pyrrole nitrogens is 1. The first kappa shape index (κ1) is 26.9. The van der Waals surface area contributed by atoms with Crippen LogP contribution in [0.2, 0.25) is 0 Å². The second kappa shape index (κ2) is 11.0. The van der Waals surface area contributed by atoms with Gasteiger partial charge in [0.25, 0.3) is 5.91 Å². The van der Waals surface area contributed by atoms with Crippen molar-refractivity contribution in [1.82, 2.24) is 20.0 Å². The number of benzene rings is 1. The first-order valence-electron chi connectivity index (χ1n) is 13.0. The highest BCUT2D eigenvalue weighted by atomic mass is 19.1. The van der Waals surface area contributed by atoms with Crippen LogP contribution in [0.5, 0.6) is 5.75 Å². The summed E-state index contributed by atoms with van der Waals surface area (Å²) >= 11 is 0. The van der Waals surface area contributed by atoms with Crippen LogP contribution in [0.1, 0.15) is 74.3 Å². The number of esters is 1. The molecule has 0 spiro atoms. The second-order valence-electron chi connectivity index (χ2n) is 10.8. The van der Waals surface area contributed by atoms with Gasteiger partial charge >= 0.3 is 5.97 Å². The Morgan fingerprint density at radius 2 is 1.92 bits per heavy atom. The molecule has 2 aromatic rings. The van der Waals surface area contributed by atoms with E-state index >= 15 is 0 Å². The molecule has 1 aromatic carbocycles. The van der Waals surface area contributed by atoms with Gasteiger partial charge in [-0.2, -0.15) is 5.10 Å². The third kappa shape index (κ3) is 6.04. The molecule has 1 fully saturated rings. The number of amides is 1. The number of ether oxygens (including phenoxy) is 2. The standard InChI is InChI=1S/C28H37FN4O4/c1-18(2)37-27(35)21-16-33(17-28(4,5)24-19(3)30-31-25(21)24)26(34)20-9-10-22(29)23(15-20)36-14-13-32-11-7-6-8-12-32/h9-10,15-16,18H,6-8,11-14,17H2,1-5H3,(H,30,31). The van der Waals surface area contributed by atoms with Gasteiger partial charge in [0.15, 0.2) is 11.6 Å². The zero-order valence-corrected chi connectivity index (χ0v) is 22.4. The van der Waals surface area contributed by atoms with Crippen LogP contribution in [-0.4, -0.2) is 70.8 Å². The highest BCUT2D eigenvalue weighted by molar-refractivity contribution is 6.17. The maximum atomic E-state index is 14.6. The topological polar surface area (TPSA) is 87.8 Å². The Bertz CT molecular complexity index is 1180. The zero-order chi connectivity index (χ0) is 26.7. The van der Waals surface area contributed by atoms with Gasteiger partial charge < -0.3 is 14.4 Å². The molecule has 0 saturated carbocycles. The summed E-state index contributed by atoms with van der Waals surface area (Å²) in [6.07, 6.45) is 4.75. The van der Waals surface area contributed by atoms with Crippen molar-refractivity contribution in [1.29, 1.82) is 0 Å². The molecular weight excluding hydrogens is 475 g/mol. The number of aromatic amines is 1. The van der Waals surface area contributed by atoms with E-state index in [2.05, 4.69) is 15.1 Å². The zero-order valence-electron chi connectivity index (χ0n) is 22.4. The van der Waals surface area contributed by atoms with E-state index in [4.69, 9.17) is 9.47 Å². The molecule has 0 bridgehead atoms. The van der Waals surface area contributed by atoms with E-state index in [1.165, 1.54) is 48.6 Å². The molecule has 4 rings (SSSR count). The predicted octanol–water partition coefficient (Wildman–Crippen LogP) is 4.45. The van der Waals surface area contributed by atoms with Crippen LogP contribution in [0.4, 0.5) is 4.39 Å². The SMILES string of the molecule is Cc1[nH]nc2c1C(C)(C)CN(C(=O)c1ccc(F)c(OCCN3CCCCC3)c1)C=C2C(=O)OC(C)C. The molecule has 1 amide bonds. The summed E-state index contributed by atoms with van der Waals surface area (Å²) in [7, 11) is 0. The van der Waals surface area contributed by atoms with Crippen LogP contribution in [-0.2, 0) is 14.9 Å². The quantitative estimate of drug-likeness (QED) is 0.552. The number of rotatable bonds is 7. The Labute approximate surface area is 217 Å². The summed E-state index contributed by atoms with van der Waals surface area (Å²) in [6.45, 7) is 12.8. The van der Waals surface area contributed by atoms with E-state index in [0.717, 1.165) is 24.3 Å². The highest BCUT2D eigenvalue weighted by Gasteiger charge is 2.38. The number of nitrogens with zero attached hydrogens (tertiary/aromatic N) is 3. The molecular formula is C28H37FN4O4. The number of piperidine rings is 1. The number of aromatic nitrogens is 2. The smallest absolute Gasteiger partial charge is 0.342 e. The number of likely N-dealkylation sites (tertiary alicyclic amines) is 1. The van der Waals surface area contributed by atoms with Crippen molar-refractivity contribution in [2.45, 2.75) is 65.4 Å². The number of nitrogens with one attached hydrogen (secondary N) is 1. The van der Waals surface area contributed by atoms with Gasteiger partial charge in [-0.25, -0.2) is 9.18 Å². The largest absolute Gasteiger partial charge is 0.489 e. The van der Waals surface area contributed by atoms with Crippen molar-refractivity contribution >= 4 is 17.4 Å². The Morgan fingerprint density at radius 3 is 2.62 bits per heavy atom. The minimum Gasteiger partial charge on any atom is -0.489 e. The molecule has 0 atom stereocenters. The Kier molecular flexibility index (Phi) is 8.02. The molecule has 0 radical (unpaired) electrons. The first-order chi connectivity index (χ1) is 17.6. The van der Waals surface area contributed by atoms with Crippen LogP contribution in [0.25, 0.3) is 5.57 Å². The van der Waals surface area contributed by atoms with E-state index in [9.17, 15) is 14.0 Å². The Balaban J connectivity index is 1.60. The molecule has 37 heavy (non-hydrogen) atoms. The van der Waals surface area contributed by atoms with Gasteiger partial charge in [0, 0.05) is 41.5 Å². The van der Waals surface area contributed by atoms with Gasteiger partial charge in [0.1, 0.15) is 17.9 Å². The highest BCUT2D eigenvalue weighted by Crippen LogP contribution is 2.37. The van der Waals surface area contributed by atoms with Crippen LogP contribution < -0.4 is 4.74 Å². The van der Waals surface area contributed by atoms with E-state index in [1.54, 1.807) is 13.8 Å². The van der Waals surface area contributed by atoms with Crippen LogP contribution in [0, 0.1) is 12.7 Å². The van der Waals surface area contributed by atoms with Crippen molar-refractivity contribution < 1.29 is 23.5 Å². The fourth-order valence-electron chi connectivity index (χ4n) is 5.16. The lowest BCUT2D eigenvalue weighted by atomic mass is 9.82. The van der Waals surface area contributed by atoms with Gasteiger partial charge in [-0.05, 0) is 64.9 Å². The number of carbonyl (C=O) groups excluding carboxylic acids is 2. The van der Waals surface area contributed by atoms with Gasteiger partial charge in [-0.3, -0.25) is 14.8 Å². The molecule has 200 valence electrons. The van der Waals surface area contributed by atoms with Crippen LogP contribution in [0.3, 0.4) is 0 Å². The van der Waals surface area contributed by atoms with Gasteiger partial charge in [-0.1, -0.05) is 20.3 Å². The number of aryl methyl sites for hydroxylation is 1. The molecule has 1 saturated heterocycles. The number of carbonyl (C=O) groups is 2. The van der Waals surface area contributed by atoms with E-state index in [-0.39, 0.29) is 28.9 Å². The maximum Gasteiger partial charge on any atom is 0.342 e. The Morgan fingerprint density at radius 1 is 1.19 bits per heavy atom. The third-order valence-corrected chi connectivity index (χ3v) is 6.85. The molecule has 0 aliphatic carbocycles. The summed E-state index contributed by atoms with van der Waals surface area (Å²) < 4.78 is 25.8. The molecule has 9 heteroatoms. The summed E-state index contributed by atoms with van der Waals surface area (Å²) in [5, 5.41) is 7.35. The van der Waals surface area contributed by atoms with Crippen molar-refractivity contribution in [3.63, 3.8) is 0 Å².